The number of imidazole rings is 1. The van der Waals surface area contributed by atoms with Gasteiger partial charge in [-0.2, -0.15) is 9.57 Å². The SMILES string of the molecule is CCS(=O)(=O)N1CC[C@@H](C)C(N(C)c2ccnc(-c3cnc4ccc(C#N)cn34)n2)C1. The normalized spacial score (nSPS) is 19.9. The van der Waals surface area contributed by atoms with E-state index in [0.29, 0.717) is 47.6 Å². The summed E-state index contributed by atoms with van der Waals surface area (Å²) in [6, 6.07) is 7.47. The number of hydrogen-bond acceptors (Lipinski definition) is 7. The highest BCUT2D eigenvalue weighted by Gasteiger charge is 2.34. The van der Waals surface area contributed by atoms with Crippen molar-refractivity contribution < 1.29 is 8.42 Å². The summed E-state index contributed by atoms with van der Waals surface area (Å²) in [6.45, 7) is 4.82. The van der Waals surface area contributed by atoms with Crippen LogP contribution in [0.15, 0.2) is 36.8 Å². The van der Waals surface area contributed by atoms with Gasteiger partial charge in [-0.1, -0.05) is 6.92 Å². The Kier molecular flexibility index (Phi) is 5.64. The first-order valence-electron chi connectivity index (χ1n) is 10.3. The van der Waals surface area contributed by atoms with Crippen LogP contribution in [0.3, 0.4) is 0 Å². The van der Waals surface area contributed by atoms with E-state index in [2.05, 4.69) is 23.0 Å². The predicted octanol–water partition coefficient (Wildman–Crippen LogP) is 2.16. The number of sulfonamides is 1. The van der Waals surface area contributed by atoms with E-state index in [1.165, 1.54) is 0 Å². The van der Waals surface area contributed by atoms with Crippen LogP contribution >= 0.6 is 0 Å². The molecule has 1 aliphatic rings. The second kappa shape index (κ2) is 8.24. The summed E-state index contributed by atoms with van der Waals surface area (Å²) in [6.07, 6.45) is 5.90. The molecule has 3 aromatic rings. The Morgan fingerprint density at radius 1 is 1.29 bits per heavy atom. The number of anilines is 1. The minimum absolute atomic E-state index is 0.00482. The molecule has 0 N–H and O–H groups in total. The fraction of sp³-hybridized carbons (Fsp3) is 0.429. The molecule has 1 fully saturated rings. The van der Waals surface area contributed by atoms with Crippen LogP contribution in [0, 0.1) is 17.2 Å². The summed E-state index contributed by atoms with van der Waals surface area (Å²) < 4.78 is 28.2. The number of aromatic nitrogens is 4. The lowest BCUT2D eigenvalue weighted by molar-refractivity contribution is 0.247. The van der Waals surface area contributed by atoms with Crippen LogP contribution in [0.4, 0.5) is 5.82 Å². The van der Waals surface area contributed by atoms with Crippen LogP contribution < -0.4 is 4.90 Å². The van der Waals surface area contributed by atoms with Crippen LogP contribution in [-0.2, 0) is 10.0 Å². The molecular formula is C21H25N7O2S. The van der Waals surface area contributed by atoms with Crippen LogP contribution in [0.1, 0.15) is 25.8 Å². The zero-order chi connectivity index (χ0) is 22.2. The van der Waals surface area contributed by atoms with Gasteiger partial charge in [0.05, 0.1) is 17.5 Å². The van der Waals surface area contributed by atoms with Crippen molar-refractivity contribution >= 4 is 21.5 Å². The molecule has 0 bridgehead atoms. The van der Waals surface area contributed by atoms with Crippen molar-refractivity contribution in [2.75, 3.05) is 30.8 Å². The van der Waals surface area contributed by atoms with Crippen LogP contribution in [-0.4, -0.2) is 64.0 Å². The molecular weight excluding hydrogens is 414 g/mol. The zero-order valence-corrected chi connectivity index (χ0v) is 18.6. The van der Waals surface area contributed by atoms with Gasteiger partial charge in [-0.3, -0.25) is 4.40 Å². The molecule has 0 amide bonds. The average Bonchev–Trinajstić information content (AvgIpc) is 3.22. The largest absolute Gasteiger partial charge is 0.355 e. The third kappa shape index (κ3) is 3.98. The van der Waals surface area contributed by atoms with Crippen molar-refractivity contribution in [3.8, 4) is 17.6 Å². The standard InChI is InChI=1S/C21H25N7O2S/c1-4-31(29,30)27-10-8-15(2)18(14-27)26(3)20-7-9-23-21(25-20)17-12-24-19-6-5-16(11-22)13-28(17)19/h5-7,9,12-13,15,18H,4,8,10,14H2,1-3H3/t15-,18?/m1/s1. The van der Waals surface area contributed by atoms with Crippen molar-refractivity contribution in [2.45, 2.75) is 26.3 Å². The molecule has 0 radical (unpaired) electrons. The first-order valence-corrected chi connectivity index (χ1v) is 11.9. The number of likely N-dealkylation sites (N-methyl/N-ethyl adjacent to an activating group) is 1. The molecule has 162 valence electrons. The first kappa shape index (κ1) is 21.2. The van der Waals surface area contributed by atoms with Gasteiger partial charge in [0.2, 0.25) is 10.0 Å². The summed E-state index contributed by atoms with van der Waals surface area (Å²) in [5, 5.41) is 9.21. The van der Waals surface area contributed by atoms with E-state index in [1.807, 2.05) is 18.0 Å². The molecule has 1 unspecified atom stereocenters. The number of hydrogen-bond donors (Lipinski definition) is 0. The van der Waals surface area contributed by atoms with Crippen molar-refractivity contribution in [2.24, 2.45) is 5.92 Å². The number of rotatable bonds is 5. The van der Waals surface area contributed by atoms with E-state index >= 15 is 0 Å². The van der Waals surface area contributed by atoms with Gasteiger partial charge in [0.1, 0.15) is 23.2 Å². The Bertz CT molecular complexity index is 1250. The lowest BCUT2D eigenvalue weighted by atomic mass is 9.93. The van der Waals surface area contributed by atoms with Crippen LogP contribution in [0.5, 0.6) is 0 Å². The molecule has 0 aliphatic carbocycles. The van der Waals surface area contributed by atoms with Crippen molar-refractivity contribution in [1.29, 1.82) is 5.26 Å². The zero-order valence-electron chi connectivity index (χ0n) is 17.8. The summed E-state index contributed by atoms with van der Waals surface area (Å²) in [4.78, 5) is 15.6. The second-order valence-corrected chi connectivity index (χ2v) is 10.1. The molecule has 0 aromatic carbocycles. The summed E-state index contributed by atoms with van der Waals surface area (Å²) in [7, 11) is -1.29. The summed E-state index contributed by atoms with van der Waals surface area (Å²) >= 11 is 0. The lowest BCUT2D eigenvalue weighted by Crippen LogP contribution is -2.53. The van der Waals surface area contributed by atoms with E-state index < -0.39 is 10.0 Å². The van der Waals surface area contributed by atoms with Gasteiger partial charge in [-0.25, -0.2) is 23.4 Å². The maximum absolute atomic E-state index is 12.4. The summed E-state index contributed by atoms with van der Waals surface area (Å²) in [5.41, 5.74) is 1.92. The molecule has 4 rings (SSSR count). The summed E-state index contributed by atoms with van der Waals surface area (Å²) in [5.74, 6) is 1.63. The number of nitriles is 1. The quantitative estimate of drug-likeness (QED) is 0.599. The minimum Gasteiger partial charge on any atom is -0.355 e. The fourth-order valence-corrected chi connectivity index (χ4v) is 5.14. The minimum atomic E-state index is -3.23. The van der Waals surface area contributed by atoms with E-state index in [9.17, 15) is 13.7 Å². The van der Waals surface area contributed by atoms with Gasteiger partial charge >= 0.3 is 0 Å². The highest BCUT2D eigenvalue weighted by atomic mass is 32.2. The van der Waals surface area contributed by atoms with Crippen molar-refractivity contribution in [3.05, 3.63) is 42.4 Å². The van der Waals surface area contributed by atoms with Gasteiger partial charge < -0.3 is 4.90 Å². The van der Waals surface area contributed by atoms with Gasteiger partial charge in [-0.05, 0) is 37.5 Å². The van der Waals surface area contributed by atoms with E-state index in [-0.39, 0.29) is 11.8 Å². The molecule has 10 heteroatoms. The Balaban J connectivity index is 1.66. The van der Waals surface area contributed by atoms with Crippen molar-refractivity contribution in [3.63, 3.8) is 0 Å². The fourth-order valence-electron chi connectivity index (χ4n) is 4.01. The Morgan fingerprint density at radius 2 is 2.10 bits per heavy atom. The smallest absolute Gasteiger partial charge is 0.213 e. The highest BCUT2D eigenvalue weighted by molar-refractivity contribution is 7.89. The van der Waals surface area contributed by atoms with Gasteiger partial charge in [0, 0.05) is 38.6 Å². The van der Waals surface area contributed by atoms with Gasteiger partial charge in [0.15, 0.2) is 5.82 Å². The molecule has 3 aromatic heterocycles. The molecule has 1 saturated heterocycles. The van der Waals surface area contributed by atoms with Gasteiger partial charge in [-0.15, -0.1) is 0 Å². The number of piperidine rings is 1. The lowest BCUT2D eigenvalue weighted by Gasteiger charge is -2.41. The molecule has 0 spiro atoms. The molecule has 31 heavy (non-hydrogen) atoms. The number of nitrogens with zero attached hydrogens (tertiary/aromatic N) is 7. The highest BCUT2D eigenvalue weighted by Crippen LogP contribution is 2.27. The van der Waals surface area contributed by atoms with Crippen molar-refractivity contribution in [1.82, 2.24) is 23.7 Å². The van der Waals surface area contributed by atoms with Crippen LogP contribution in [0.2, 0.25) is 0 Å². The number of pyridine rings is 1. The monoisotopic (exact) mass is 439 g/mol. The van der Waals surface area contributed by atoms with E-state index in [0.717, 1.165) is 6.42 Å². The molecule has 2 atom stereocenters. The molecule has 9 nitrogen and oxygen atoms in total. The maximum Gasteiger partial charge on any atom is 0.213 e. The van der Waals surface area contributed by atoms with Gasteiger partial charge in [0.25, 0.3) is 0 Å². The molecule has 4 heterocycles. The Morgan fingerprint density at radius 3 is 2.84 bits per heavy atom. The Hall–Kier alpha value is -3.03. The van der Waals surface area contributed by atoms with E-state index in [1.54, 1.807) is 46.4 Å². The third-order valence-corrected chi connectivity index (χ3v) is 7.85. The Labute approximate surface area is 182 Å². The third-order valence-electron chi connectivity index (χ3n) is 6.00. The van der Waals surface area contributed by atoms with E-state index in [4.69, 9.17) is 4.98 Å². The average molecular weight is 440 g/mol. The topological polar surface area (TPSA) is 107 Å². The number of fused-ring (bicyclic) bond motifs is 1. The molecule has 0 saturated carbocycles. The first-order chi connectivity index (χ1) is 14.8. The maximum atomic E-state index is 12.4. The molecule has 1 aliphatic heterocycles. The predicted molar refractivity (Wildman–Crippen MR) is 118 cm³/mol. The second-order valence-electron chi connectivity index (χ2n) is 7.84. The van der Waals surface area contributed by atoms with Crippen LogP contribution in [0.25, 0.3) is 17.2 Å².